The van der Waals surface area contributed by atoms with Crippen molar-refractivity contribution in [1.29, 1.82) is 5.26 Å². The molecular weight excluding hydrogens is 262 g/mol. The Morgan fingerprint density at radius 2 is 2.25 bits per heavy atom. The highest BCUT2D eigenvalue weighted by molar-refractivity contribution is 5.24. The van der Waals surface area contributed by atoms with E-state index in [0.717, 1.165) is 31.5 Å². The molecule has 2 unspecified atom stereocenters. The number of rotatable bonds is 5. The van der Waals surface area contributed by atoms with Gasteiger partial charge < -0.3 is 4.74 Å². The summed E-state index contributed by atoms with van der Waals surface area (Å²) in [5.41, 5.74) is -0.556. The second kappa shape index (κ2) is 6.19. The van der Waals surface area contributed by atoms with Gasteiger partial charge in [0.15, 0.2) is 11.6 Å². The number of halogens is 2. The van der Waals surface area contributed by atoms with Crippen molar-refractivity contribution in [3.8, 4) is 11.8 Å². The number of hydrogen-bond acceptors (Lipinski definition) is 3. The van der Waals surface area contributed by atoms with Crippen LogP contribution in [0.15, 0.2) is 18.2 Å². The van der Waals surface area contributed by atoms with Gasteiger partial charge in [0.05, 0.1) is 6.07 Å². The zero-order valence-corrected chi connectivity index (χ0v) is 11.5. The summed E-state index contributed by atoms with van der Waals surface area (Å²) in [6, 6.07) is 5.82. The van der Waals surface area contributed by atoms with Crippen molar-refractivity contribution in [2.75, 3.05) is 6.54 Å². The molecule has 0 radical (unpaired) electrons. The lowest BCUT2D eigenvalue weighted by atomic mass is 9.99. The molecule has 1 N–H and O–H groups in total. The van der Waals surface area contributed by atoms with E-state index in [1.807, 2.05) is 6.92 Å². The monoisotopic (exact) mass is 280 g/mol. The van der Waals surface area contributed by atoms with E-state index in [0.29, 0.717) is 18.6 Å². The number of nitriles is 1. The highest BCUT2D eigenvalue weighted by Gasteiger charge is 2.40. The summed E-state index contributed by atoms with van der Waals surface area (Å²) in [5.74, 6) is -1.51. The van der Waals surface area contributed by atoms with E-state index < -0.39 is 17.2 Å². The highest BCUT2D eigenvalue weighted by atomic mass is 19.2. The Hall–Kier alpha value is -1.67. The lowest BCUT2D eigenvalue weighted by Gasteiger charge is -2.22. The second-order valence-corrected chi connectivity index (χ2v) is 5.18. The molecule has 108 valence electrons. The van der Waals surface area contributed by atoms with Gasteiger partial charge in [-0.3, -0.25) is 5.32 Å². The lowest BCUT2D eigenvalue weighted by molar-refractivity contribution is 0.199. The van der Waals surface area contributed by atoms with Crippen LogP contribution in [0.5, 0.6) is 5.75 Å². The lowest BCUT2D eigenvalue weighted by Crippen LogP contribution is -2.42. The maximum absolute atomic E-state index is 13.1. The molecule has 0 spiro atoms. The molecule has 20 heavy (non-hydrogen) atoms. The third-order valence-corrected chi connectivity index (χ3v) is 3.59. The fourth-order valence-electron chi connectivity index (χ4n) is 2.51. The van der Waals surface area contributed by atoms with Gasteiger partial charge in [-0.1, -0.05) is 6.92 Å². The van der Waals surface area contributed by atoms with Crippen LogP contribution in [-0.2, 0) is 0 Å². The first-order valence-electron chi connectivity index (χ1n) is 6.86. The number of ether oxygens (including phenoxy) is 1. The van der Waals surface area contributed by atoms with E-state index in [2.05, 4.69) is 11.4 Å². The number of nitrogens with one attached hydrogen (secondary N) is 1. The van der Waals surface area contributed by atoms with Crippen LogP contribution in [0.2, 0.25) is 0 Å². The molecule has 1 fully saturated rings. The van der Waals surface area contributed by atoms with Crippen LogP contribution in [0.1, 0.15) is 32.6 Å². The number of hydrogen-bond donors (Lipinski definition) is 1. The third-order valence-electron chi connectivity index (χ3n) is 3.59. The fraction of sp³-hybridized carbons (Fsp3) is 0.533. The zero-order valence-electron chi connectivity index (χ0n) is 11.5. The Morgan fingerprint density at radius 1 is 1.45 bits per heavy atom. The highest BCUT2D eigenvalue weighted by Crippen LogP contribution is 2.32. The number of nitrogens with zero attached hydrogens (tertiary/aromatic N) is 1. The molecule has 3 nitrogen and oxygen atoms in total. The molecule has 2 rings (SSSR count). The summed E-state index contributed by atoms with van der Waals surface area (Å²) in [4.78, 5) is 0. The van der Waals surface area contributed by atoms with Crippen molar-refractivity contribution < 1.29 is 13.5 Å². The van der Waals surface area contributed by atoms with Gasteiger partial charge in [-0.25, -0.2) is 8.78 Å². The Bertz CT molecular complexity index is 515. The molecule has 0 bridgehead atoms. The fourth-order valence-corrected chi connectivity index (χ4v) is 2.51. The minimum Gasteiger partial charge on any atom is -0.490 e. The zero-order chi connectivity index (χ0) is 14.6. The van der Waals surface area contributed by atoms with E-state index in [4.69, 9.17) is 4.74 Å². The maximum Gasteiger partial charge on any atom is 0.162 e. The average Bonchev–Trinajstić information content (AvgIpc) is 2.85. The average molecular weight is 280 g/mol. The summed E-state index contributed by atoms with van der Waals surface area (Å²) >= 11 is 0. The SMILES string of the molecule is CCCNC1(C#N)CCC(Oc2ccc(F)c(F)c2)C1. The van der Waals surface area contributed by atoms with Crippen LogP contribution < -0.4 is 10.1 Å². The topological polar surface area (TPSA) is 45.0 Å². The van der Waals surface area contributed by atoms with Crippen LogP contribution >= 0.6 is 0 Å². The summed E-state index contributed by atoms with van der Waals surface area (Å²) in [5, 5.41) is 12.6. The van der Waals surface area contributed by atoms with Crippen molar-refractivity contribution in [2.24, 2.45) is 0 Å². The van der Waals surface area contributed by atoms with Gasteiger partial charge >= 0.3 is 0 Å². The third kappa shape index (κ3) is 3.26. The van der Waals surface area contributed by atoms with Gasteiger partial charge in [-0.15, -0.1) is 0 Å². The van der Waals surface area contributed by atoms with Crippen LogP contribution in [-0.4, -0.2) is 18.2 Å². The molecule has 1 aromatic carbocycles. The van der Waals surface area contributed by atoms with Gasteiger partial charge in [0.1, 0.15) is 17.4 Å². The first-order valence-corrected chi connectivity index (χ1v) is 6.86. The smallest absolute Gasteiger partial charge is 0.162 e. The number of benzene rings is 1. The van der Waals surface area contributed by atoms with Gasteiger partial charge in [0, 0.05) is 12.5 Å². The normalized spacial score (nSPS) is 25.4. The van der Waals surface area contributed by atoms with E-state index in [9.17, 15) is 14.0 Å². The van der Waals surface area contributed by atoms with Gasteiger partial charge in [-0.05, 0) is 37.9 Å². The van der Waals surface area contributed by atoms with Crippen LogP contribution in [0.4, 0.5) is 8.78 Å². The Labute approximate surface area is 117 Å². The van der Waals surface area contributed by atoms with Crippen molar-refractivity contribution in [1.82, 2.24) is 5.32 Å². The molecule has 0 amide bonds. The van der Waals surface area contributed by atoms with Crippen LogP contribution in [0.25, 0.3) is 0 Å². The molecule has 1 aliphatic rings. The van der Waals surface area contributed by atoms with Gasteiger partial charge in [0.2, 0.25) is 0 Å². The molecule has 1 aliphatic carbocycles. The van der Waals surface area contributed by atoms with Gasteiger partial charge in [0.25, 0.3) is 0 Å². The molecule has 1 saturated carbocycles. The largest absolute Gasteiger partial charge is 0.490 e. The Kier molecular flexibility index (Phi) is 4.56. The van der Waals surface area contributed by atoms with Crippen molar-refractivity contribution in [2.45, 2.75) is 44.2 Å². The standard InChI is InChI=1S/C15H18F2N2O/c1-2-7-19-15(10-18)6-5-12(9-15)20-11-3-4-13(16)14(17)8-11/h3-4,8,12,19H,2,5-7,9H2,1H3. The molecule has 0 saturated heterocycles. The van der Waals surface area contributed by atoms with E-state index in [1.54, 1.807) is 0 Å². The predicted molar refractivity (Wildman–Crippen MR) is 71.3 cm³/mol. The molecular formula is C15H18F2N2O. The van der Waals surface area contributed by atoms with Crippen LogP contribution in [0, 0.1) is 23.0 Å². The second-order valence-electron chi connectivity index (χ2n) is 5.18. The van der Waals surface area contributed by atoms with E-state index >= 15 is 0 Å². The minimum atomic E-state index is -0.920. The predicted octanol–water partition coefficient (Wildman–Crippen LogP) is 3.16. The molecule has 0 aliphatic heterocycles. The molecule has 0 heterocycles. The van der Waals surface area contributed by atoms with Crippen molar-refractivity contribution in [3.05, 3.63) is 29.8 Å². The van der Waals surface area contributed by atoms with E-state index in [-0.39, 0.29) is 6.10 Å². The summed E-state index contributed by atoms with van der Waals surface area (Å²) in [6.45, 7) is 2.83. The van der Waals surface area contributed by atoms with Crippen molar-refractivity contribution >= 4 is 0 Å². The molecule has 5 heteroatoms. The minimum absolute atomic E-state index is 0.149. The quantitative estimate of drug-likeness (QED) is 0.901. The first-order chi connectivity index (χ1) is 9.58. The van der Waals surface area contributed by atoms with Gasteiger partial charge in [-0.2, -0.15) is 5.26 Å². The summed E-state index contributed by atoms with van der Waals surface area (Å²) < 4.78 is 31.6. The Morgan fingerprint density at radius 3 is 2.90 bits per heavy atom. The molecule has 1 aromatic rings. The van der Waals surface area contributed by atoms with E-state index in [1.165, 1.54) is 6.07 Å². The first kappa shape index (κ1) is 14.7. The molecule has 2 atom stereocenters. The maximum atomic E-state index is 13.1. The summed E-state index contributed by atoms with van der Waals surface area (Å²) in [6.07, 6.45) is 2.80. The summed E-state index contributed by atoms with van der Waals surface area (Å²) in [7, 11) is 0. The van der Waals surface area contributed by atoms with Crippen molar-refractivity contribution in [3.63, 3.8) is 0 Å². The van der Waals surface area contributed by atoms with Crippen LogP contribution in [0.3, 0.4) is 0 Å². The Balaban J connectivity index is 1.98. The molecule has 0 aromatic heterocycles.